The van der Waals surface area contributed by atoms with Gasteiger partial charge in [0.1, 0.15) is 0 Å². The lowest BCUT2D eigenvalue weighted by molar-refractivity contribution is 0.0956. The first-order chi connectivity index (χ1) is 14.5. The van der Waals surface area contributed by atoms with E-state index in [1.807, 2.05) is 37.3 Å². The number of benzene rings is 1. The van der Waals surface area contributed by atoms with E-state index in [1.165, 1.54) is 4.90 Å². The smallest absolute Gasteiger partial charge is 0.413 e. The van der Waals surface area contributed by atoms with Gasteiger partial charge in [-0.3, -0.25) is 19.7 Å². The molecule has 0 saturated heterocycles. The molecule has 7 heteroatoms. The zero-order valence-electron chi connectivity index (χ0n) is 17.5. The van der Waals surface area contributed by atoms with E-state index >= 15 is 0 Å². The van der Waals surface area contributed by atoms with Crippen LogP contribution in [0.3, 0.4) is 0 Å². The molecule has 0 spiro atoms. The second-order valence-electron chi connectivity index (χ2n) is 6.46. The minimum atomic E-state index is -0.405. The molecular weight excluding hydrogens is 380 g/mol. The Bertz CT molecular complexity index is 932. The van der Waals surface area contributed by atoms with E-state index in [-0.39, 0.29) is 5.91 Å². The summed E-state index contributed by atoms with van der Waals surface area (Å²) in [6, 6.07) is 10.9. The number of aromatic nitrogens is 1. The lowest BCUT2D eigenvalue weighted by Gasteiger charge is -2.16. The molecule has 1 aromatic carbocycles. The van der Waals surface area contributed by atoms with Gasteiger partial charge in [0, 0.05) is 37.2 Å². The largest absolute Gasteiger partial charge is 0.449 e. The Morgan fingerprint density at radius 2 is 1.97 bits per heavy atom. The Balaban J connectivity index is 2.00. The van der Waals surface area contributed by atoms with Crippen molar-refractivity contribution in [2.75, 3.05) is 25.1 Å². The van der Waals surface area contributed by atoms with Crippen molar-refractivity contribution in [1.82, 2.24) is 10.3 Å². The number of nitrogens with zero attached hydrogens (tertiary/aromatic N) is 3. The molecule has 0 fully saturated rings. The van der Waals surface area contributed by atoms with Crippen molar-refractivity contribution in [3.8, 4) is 11.3 Å². The lowest BCUT2D eigenvalue weighted by atomic mass is 10.1. The number of allylic oxidation sites excluding steroid dienone is 2. The SMILES string of the molecule is C=N/C=C\C=C(/C)CNC(=O)c1ccc(-c2ccc(N(C)C(=O)OCC)cc2)nc1. The Morgan fingerprint density at radius 1 is 1.23 bits per heavy atom. The Morgan fingerprint density at radius 3 is 2.57 bits per heavy atom. The summed E-state index contributed by atoms with van der Waals surface area (Å²) in [6.45, 7) is 7.80. The molecule has 7 nitrogen and oxygen atoms in total. The molecule has 0 radical (unpaired) electrons. The van der Waals surface area contributed by atoms with Gasteiger partial charge in [0.2, 0.25) is 0 Å². The van der Waals surface area contributed by atoms with Crippen LogP contribution in [0.15, 0.2) is 71.5 Å². The van der Waals surface area contributed by atoms with Crippen LogP contribution in [-0.4, -0.2) is 43.9 Å². The third-order valence-electron chi connectivity index (χ3n) is 4.22. The van der Waals surface area contributed by atoms with Crippen LogP contribution in [0.25, 0.3) is 11.3 Å². The molecular formula is C23H26N4O3. The first kappa shape index (κ1) is 22.5. The van der Waals surface area contributed by atoms with Crippen molar-refractivity contribution < 1.29 is 14.3 Å². The number of amides is 2. The monoisotopic (exact) mass is 406 g/mol. The first-order valence-corrected chi connectivity index (χ1v) is 9.49. The third-order valence-corrected chi connectivity index (χ3v) is 4.22. The highest BCUT2D eigenvalue weighted by Gasteiger charge is 2.12. The molecule has 0 aliphatic heterocycles. The molecule has 0 bridgehead atoms. The average molecular weight is 406 g/mol. The maximum absolute atomic E-state index is 12.3. The summed E-state index contributed by atoms with van der Waals surface area (Å²) >= 11 is 0. The van der Waals surface area contributed by atoms with Gasteiger partial charge in [0.05, 0.1) is 17.9 Å². The Kier molecular flexibility index (Phi) is 8.50. The number of rotatable bonds is 8. The number of hydrogen-bond acceptors (Lipinski definition) is 5. The second-order valence-corrected chi connectivity index (χ2v) is 6.46. The summed E-state index contributed by atoms with van der Waals surface area (Å²) < 4.78 is 4.99. The molecule has 1 heterocycles. The van der Waals surface area contributed by atoms with Crippen LogP contribution in [-0.2, 0) is 4.74 Å². The average Bonchev–Trinajstić information content (AvgIpc) is 2.77. The van der Waals surface area contributed by atoms with Gasteiger partial charge in [-0.2, -0.15) is 0 Å². The third kappa shape index (κ3) is 6.41. The summed E-state index contributed by atoms with van der Waals surface area (Å²) in [7, 11) is 1.65. The number of pyridine rings is 1. The van der Waals surface area contributed by atoms with E-state index in [2.05, 4.69) is 22.0 Å². The van der Waals surface area contributed by atoms with E-state index < -0.39 is 6.09 Å². The van der Waals surface area contributed by atoms with Gasteiger partial charge >= 0.3 is 6.09 Å². The number of hydrogen-bond donors (Lipinski definition) is 1. The Labute approximate surface area is 176 Å². The zero-order chi connectivity index (χ0) is 21.9. The molecule has 0 unspecified atom stereocenters. The van der Waals surface area contributed by atoms with Gasteiger partial charge in [0.15, 0.2) is 0 Å². The highest BCUT2D eigenvalue weighted by atomic mass is 16.6. The summed E-state index contributed by atoms with van der Waals surface area (Å²) in [5.41, 5.74) is 3.80. The second kappa shape index (κ2) is 11.3. The predicted molar refractivity (Wildman–Crippen MR) is 120 cm³/mol. The van der Waals surface area contributed by atoms with Gasteiger partial charge < -0.3 is 10.1 Å². The van der Waals surface area contributed by atoms with Crippen LogP contribution >= 0.6 is 0 Å². The summed E-state index contributed by atoms with van der Waals surface area (Å²) in [6.07, 6.45) is 6.34. The molecule has 2 rings (SSSR count). The highest BCUT2D eigenvalue weighted by Crippen LogP contribution is 2.22. The lowest BCUT2D eigenvalue weighted by Crippen LogP contribution is -2.26. The fraction of sp³-hybridized carbons (Fsp3) is 0.217. The normalized spacial score (nSPS) is 11.2. The molecule has 1 N–H and O–H groups in total. The minimum absolute atomic E-state index is 0.195. The molecule has 1 aromatic heterocycles. The molecule has 0 aliphatic rings. The summed E-state index contributed by atoms with van der Waals surface area (Å²) in [5, 5.41) is 2.85. The molecule has 0 aliphatic carbocycles. The quantitative estimate of drug-likeness (QED) is 0.525. The summed E-state index contributed by atoms with van der Waals surface area (Å²) in [4.78, 5) is 33.5. The first-order valence-electron chi connectivity index (χ1n) is 9.49. The molecule has 156 valence electrons. The van der Waals surface area contributed by atoms with E-state index in [9.17, 15) is 9.59 Å². The number of ether oxygens (including phenoxy) is 1. The fourth-order valence-corrected chi connectivity index (χ4v) is 2.53. The van der Waals surface area contributed by atoms with E-state index in [1.54, 1.807) is 44.6 Å². The van der Waals surface area contributed by atoms with Crippen molar-refractivity contribution >= 4 is 24.4 Å². The van der Waals surface area contributed by atoms with Gasteiger partial charge in [0.25, 0.3) is 5.91 Å². The predicted octanol–water partition coefficient (Wildman–Crippen LogP) is 4.23. The molecule has 2 amide bonds. The topological polar surface area (TPSA) is 83.9 Å². The van der Waals surface area contributed by atoms with Gasteiger partial charge in [-0.1, -0.05) is 23.8 Å². The Hall–Kier alpha value is -3.74. The number of carbonyl (C=O) groups is 2. The maximum Gasteiger partial charge on any atom is 0.413 e. The number of carbonyl (C=O) groups excluding carboxylic acids is 2. The molecule has 0 saturated carbocycles. The minimum Gasteiger partial charge on any atom is -0.449 e. The maximum atomic E-state index is 12.3. The van der Waals surface area contributed by atoms with Crippen molar-refractivity contribution in [1.29, 1.82) is 0 Å². The van der Waals surface area contributed by atoms with Crippen LogP contribution in [0.2, 0.25) is 0 Å². The van der Waals surface area contributed by atoms with Gasteiger partial charge in [-0.25, -0.2) is 4.79 Å². The summed E-state index contributed by atoms with van der Waals surface area (Å²) in [5.74, 6) is -0.195. The van der Waals surface area contributed by atoms with Crippen molar-refractivity contribution in [2.45, 2.75) is 13.8 Å². The van der Waals surface area contributed by atoms with Crippen molar-refractivity contribution in [3.05, 3.63) is 72.1 Å². The van der Waals surface area contributed by atoms with Crippen LogP contribution in [0, 0.1) is 0 Å². The molecule has 30 heavy (non-hydrogen) atoms. The molecule has 2 aromatic rings. The number of nitrogens with one attached hydrogen (secondary N) is 1. The standard InChI is InChI=1S/C23H26N4O3/c1-5-30-23(29)27(4)20-11-8-18(9-12-20)21-13-10-19(16-25-21)22(28)26-15-17(2)7-6-14-24-3/h6-14,16H,3,5,15H2,1-2,4H3,(H,26,28)/b14-6-,17-7+. The number of aliphatic imine (C=N–C) groups is 1. The van der Waals surface area contributed by atoms with Crippen molar-refractivity contribution in [2.24, 2.45) is 4.99 Å². The van der Waals surface area contributed by atoms with Crippen LogP contribution in [0.1, 0.15) is 24.2 Å². The zero-order valence-corrected chi connectivity index (χ0v) is 17.5. The highest BCUT2D eigenvalue weighted by molar-refractivity contribution is 5.94. The van der Waals surface area contributed by atoms with E-state index in [0.29, 0.717) is 18.7 Å². The van der Waals surface area contributed by atoms with Crippen LogP contribution < -0.4 is 10.2 Å². The van der Waals surface area contributed by atoms with Gasteiger partial charge in [-0.05, 0) is 50.9 Å². The van der Waals surface area contributed by atoms with Gasteiger partial charge in [-0.15, -0.1) is 0 Å². The molecule has 0 atom stereocenters. The van der Waals surface area contributed by atoms with Crippen molar-refractivity contribution in [3.63, 3.8) is 0 Å². The van der Waals surface area contributed by atoms with Crippen LogP contribution in [0.5, 0.6) is 0 Å². The van der Waals surface area contributed by atoms with E-state index in [4.69, 9.17) is 4.74 Å². The van der Waals surface area contributed by atoms with E-state index in [0.717, 1.165) is 22.5 Å². The van der Waals surface area contributed by atoms with Crippen LogP contribution in [0.4, 0.5) is 10.5 Å². The number of anilines is 1. The fourth-order valence-electron chi connectivity index (χ4n) is 2.53.